The lowest BCUT2D eigenvalue weighted by Gasteiger charge is -2.20. The monoisotopic (exact) mass is 752 g/mol. The number of nitrogens with two attached hydrogens (primary N) is 1. The van der Waals surface area contributed by atoms with E-state index in [1.165, 1.54) is 14.2 Å². The van der Waals surface area contributed by atoms with E-state index >= 15 is 0 Å². The molecule has 2 atom stereocenters. The van der Waals surface area contributed by atoms with Gasteiger partial charge in [0.15, 0.2) is 5.78 Å². The van der Waals surface area contributed by atoms with Crippen LogP contribution in [0, 0.1) is 13.8 Å². The zero-order valence-corrected chi connectivity index (χ0v) is 31.3. The number of methoxy groups -OCH3 is 2. The van der Waals surface area contributed by atoms with Crippen LogP contribution in [0.5, 0.6) is 0 Å². The smallest absolute Gasteiger partial charge is 0.408 e. The van der Waals surface area contributed by atoms with Crippen molar-refractivity contribution >= 4 is 64.6 Å². The second-order valence-corrected chi connectivity index (χ2v) is 13.0. The van der Waals surface area contributed by atoms with E-state index in [2.05, 4.69) is 20.7 Å². The predicted octanol–water partition coefficient (Wildman–Crippen LogP) is 4.02. The Morgan fingerprint density at radius 1 is 0.725 bits per heavy atom. The molecule has 0 radical (unpaired) electrons. The van der Waals surface area contributed by atoms with E-state index in [9.17, 15) is 33.6 Å². The first kappa shape index (κ1) is 44.5. The number of Topliss-reactive ketones (excluding diaryl/α,β-unsaturated/α-hetero) is 2. The average molecular weight is 754 g/mol. The number of carbonyl (C=O) groups excluding carboxylic acids is 7. The fourth-order valence-corrected chi connectivity index (χ4v) is 4.98. The van der Waals surface area contributed by atoms with Crippen LogP contribution in [-0.2, 0) is 33.4 Å². The number of hydrogen-bond donors (Lipinski definition) is 4. The minimum absolute atomic E-state index is 0.0107. The van der Waals surface area contributed by atoms with E-state index in [1.54, 1.807) is 71.0 Å². The van der Waals surface area contributed by atoms with Crippen molar-refractivity contribution in [1.29, 1.82) is 0 Å². The number of benzene rings is 2. The summed E-state index contributed by atoms with van der Waals surface area (Å²) < 4.78 is 14.4. The summed E-state index contributed by atoms with van der Waals surface area (Å²) in [5.41, 5.74) is 6.43. The number of carbonyl (C=O) groups is 7. The van der Waals surface area contributed by atoms with Crippen LogP contribution < -0.4 is 21.7 Å². The number of nitrogens with one attached hydrogen (secondary N) is 3. The van der Waals surface area contributed by atoms with Crippen molar-refractivity contribution < 1.29 is 47.8 Å². The highest BCUT2D eigenvalue weighted by Gasteiger charge is 2.26. The number of halogens is 2. The zero-order valence-electron chi connectivity index (χ0n) is 29.8. The maximum atomic E-state index is 12.5. The van der Waals surface area contributed by atoms with E-state index in [-0.39, 0.29) is 60.9 Å². The van der Waals surface area contributed by atoms with E-state index < -0.39 is 47.5 Å². The fraction of sp³-hybridized carbons (Fsp3) is 0.457. The van der Waals surface area contributed by atoms with Crippen molar-refractivity contribution in [3.8, 4) is 0 Å². The van der Waals surface area contributed by atoms with Gasteiger partial charge in [0.05, 0.1) is 48.5 Å². The Morgan fingerprint density at radius 3 is 1.49 bits per heavy atom. The summed E-state index contributed by atoms with van der Waals surface area (Å²) in [6, 6.07) is 8.11. The van der Waals surface area contributed by atoms with E-state index in [1.807, 2.05) is 0 Å². The Bertz CT molecular complexity index is 1540. The fourth-order valence-electron chi connectivity index (χ4n) is 4.37. The minimum atomic E-state index is -1.03. The average Bonchev–Trinajstić information content (AvgIpc) is 3.05. The molecule has 0 saturated heterocycles. The van der Waals surface area contributed by atoms with Crippen LogP contribution in [0.4, 0.5) is 4.79 Å². The standard InChI is InChI=1S/C20H27ClN2O6.C15H19ClN2O4/c1-12-7-6-8-14(21)16(12)17(25)23-15(18(26)28-5)10-9-13(24)11-22-19(27)29-20(2,3)4;1-9-4-3-5-11(16)13(9)14(20)18-12(15(21)22-2)7-6-10(19)8-17/h6-8,15H,9-11H2,1-5H3,(H,22,27)(H,23,25);3-5,12H,6-8,17H2,1-2H3,(H,18,20)/t15-;12-/m00/s1. The molecule has 3 amide bonds. The van der Waals surface area contributed by atoms with Gasteiger partial charge in [-0.1, -0.05) is 47.5 Å². The van der Waals surface area contributed by atoms with Gasteiger partial charge in [0.2, 0.25) is 0 Å². The first-order valence-electron chi connectivity index (χ1n) is 15.8. The molecule has 2 aromatic rings. The summed E-state index contributed by atoms with van der Waals surface area (Å²) >= 11 is 12.1. The number of ketones is 2. The van der Waals surface area contributed by atoms with Crippen molar-refractivity contribution in [2.75, 3.05) is 27.3 Å². The van der Waals surface area contributed by atoms with Crippen LogP contribution in [0.3, 0.4) is 0 Å². The Balaban J connectivity index is 0.000000530. The lowest BCUT2D eigenvalue weighted by Crippen LogP contribution is -2.42. The first-order chi connectivity index (χ1) is 23.8. The van der Waals surface area contributed by atoms with Gasteiger partial charge in [-0.15, -0.1) is 0 Å². The third-order valence-electron chi connectivity index (χ3n) is 6.96. The van der Waals surface area contributed by atoms with Crippen molar-refractivity contribution in [2.45, 2.75) is 78.0 Å². The van der Waals surface area contributed by atoms with Crippen LogP contribution in [0.25, 0.3) is 0 Å². The second kappa shape index (κ2) is 21.6. The summed E-state index contributed by atoms with van der Waals surface area (Å²) in [7, 11) is 2.40. The van der Waals surface area contributed by atoms with Gasteiger partial charge in [0, 0.05) is 12.8 Å². The third kappa shape index (κ3) is 15.9. The van der Waals surface area contributed by atoms with Gasteiger partial charge in [0.25, 0.3) is 11.8 Å². The van der Waals surface area contributed by atoms with Gasteiger partial charge in [-0.2, -0.15) is 0 Å². The molecular weight excluding hydrogens is 707 g/mol. The van der Waals surface area contributed by atoms with Crippen LogP contribution in [0.15, 0.2) is 36.4 Å². The van der Waals surface area contributed by atoms with Gasteiger partial charge in [-0.25, -0.2) is 14.4 Å². The molecule has 2 rings (SSSR count). The molecule has 2 aromatic carbocycles. The normalized spacial score (nSPS) is 11.8. The summed E-state index contributed by atoms with van der Waals surface area (Å²) in [6.07, 6.45) is -0.553. The molecule has 14 nitrogen and oxygen atoms in total. The minimum Gasteiger partial charge on any atom is -0.467 e. The number of aryl methyl sites for hydroxylation is 2. The number of hydrogen-bond acceptors (Lipinski definition) is 11. The lowest BCUT2D eigenvalue weighted by atomic mass is 10.1. The van der Waals surface area contributed by atoms with E-state index in [0.717, 1.165) is 0 Å². The summed E-state index contributed by atoms with van der Waals surface area (Å²) in [6.45, 7) is 8.23. The zero-order chi connectivity index (χ0) is 38.9. The third-order valence-corrected chi connectivity index (χ3v) is 7.59. The Hall–Kier alpha value is -4.53. The van der Waals surface area contributed by atoms with Gasteiger partial charge in [0.1, 0.15) is 23.5 Å². The Labute approximate surface area is 307 Å². The van der Waals surface area contributed by atoms with E-state index in [4.69, 9.17) is 38.4 Å². The maximum Gasteiger partial charge on any atom is 0.408 e. The lowest BCUT2D eigenvalue weighted by molar-refractivity contribution is -0.144. The largest absolute Gasteiger partial charge is 0.467 e. The topological polar surface area (TPSA) is 209 Å². The number of amides is 3. The van der Waals surface area contributed by atoms with Crippen LogP contribution in [-0.4, -0.2) is 86.4 Å². The molecule has 0 aliphatic rings. The van der Waals surface area contributed by atoms with Crippen molar-refractivity contribution in [2.24, 2.45) is 5.73 Å². The summed E-state index contributed by atoms with van der Waals surface area (Å²) in [5, 5.41) is 8.01. The quantitative estimate of drug-likeness (QED) is 0.151. The SMILES string of the molecule is COC(=O)[C@H](CCC(=O)CN)NC(=O)c1c(C)cccc1Cl.COC(=O)[C@H](CCC(=O)CNC(=O)OC(C)(C)C)NC(=O)c1c(C)cccc1Cl. The van der Waals surface area contributed by atoms with Crippen LogP contribution >= 0.6 is 23.2 Å². The molecule has 16 heteroatoms. The molecule has 0 fully saturated rings. The van der Waals surface area contributed by atoms with Crippen LogP contribution in [0.2, 0.25) is 10.0 Å². The van der Waals surface area contributed by atoms with Gasteiger partial charge >= 0.3 is 18.0 Å². The highest BCUT2D eigenvalue weighted by atomic mass is 35.5. The number of rotatable bonds is 15. The van der Waals surface area contributed by atoms with Crippen molar-refractivity contribution in [1.82, 2.24) is 16.0 Å². The Morgan fingerprint density at radius 2 is 1.14 bits per heavy atom. The molecule has 0 heterocycles. The molecule has 51 heavy (non-hydrogen) atoms. The molecule has 0 unspecified atom stereocenters. The summed E-state index contributed by atoms with van der Waals surface area (Å²) in [4.78, 5) is 83.5. The van der Waals surface area contributed by atoms with Gasteiger partial charge < -0.3 is 35.9 Å². The molecule has 5 N–H and O–H groups in total. The molecule has 0 saturated carbocycles. The molecule has 0 aliphatic heterocycles. The molecule has 0 aromatic heterocycles. The first-order valence-corrected chi connectivity index (χ1v) is 16.6. The number of alkyl carbamates (subject to hydrolysis) is 1. The molecule has 0 aliphatic carbocycles. The number of ether oxygens (including phenoxy) is 3. The highest BCUT2D eigenvalue weighted by Crippen LogP contribution is 2.21. The van der Waals surface area contributed by atoms with E-state index in [0.29, 0.717) is 21.7 Å². The van der Waals surface area contributed by atoms with Gasteiger partial charge in [-0.3, -0.25) is 19.2 Å². The molecule has 280 valence electrons. The van der Waals surface area contributed by atoms with Gasteiger partial charge in [-0.05, 0) is 70.7 Å². The van der Waals surface area contributed by atoms with Crippen molar-refractivity contribution in [3.05, 3.63) is 68.7 Å². The predicted molar refractivity (Wildman–Crippen MR) is 191 cm³/mol. The number of esters is 2. The molecular formula is C35H46Cl2N4O10. The van der Waals surface area contributed by atoms with Crippen LogP contribution in [0.1, 0.15) is 78.3 Å². The van der Waals surface area contributed by atoms with Crippen molar-refractivity contribution in [3.63, 3.8) is 0 Å². The summed E-state index contributed by atoms with van der Waals surface area (Å²) in [5.74, 6) is -2.86. The maximum absolute atomic E-state index is 12.5. The molecule has 0 bridgehead atoms. The highest BCUT2D eigenvalue weighted by molar-refractivity contribution is 6.34. The molecule has 0 spiro atoms. The second-order valence-electron chi connectivity index (χ2n) is 12.2. The Kier molecular flexibility index (Phi) is 18.9.